The van der Waals surface area contributed by atoms with Crippen LogP contribution < -0.4 is 5.32 Å². The minimum absolute atomic E-state index is 0.496. The molecule has 0 aromatic rings. The molecule has 2 fully saturated rings. The van der Waals surface area contributed by atoms with E-state index < -0.39 is 0 Å². The molecule has 0 amide bonds. The molecular formula is C16H32N2. The van der Waals surface area contributed by atoms with E-state index in [2.05, 4.69) is 24.1 Å². The van der Waals surface area contributed by atoms with Crippen molar-refractivity contribution in [2.24, 2.45) is 0 Å². The van der Waals surface area contributed by atoms with E-state index in [4.69, 9.17) is 0 Å². The maximum atomic E-state index is 3.91. The lowest BCUT2D eigenvalue weighted by molar-refractivity contribution is 0.0739. The highest BCUT2D eigenvalue weighted by molar-refractivity contribution is 5.00. The third-order valence-corrected chi connectivity index (χ3v) is 4.97. The van der Waals surface area contributed by atoms with Gasteiger partial charge >= 0.3 is 0 Å². The number of unbranched alkanes of at least 4 members (excludes halogenated alkanes) is 2. The fourth-order valence-electron chi connectivity index (χ4n) is 3.87. The summed E-state index contributed by atoms with van der Waals surface area (Å²) in [4.78, 5) is 2.82. The molecule has 2 nitrogen and oxygen atoms in total. The van der Waals surface area contributed by atoms with Crippen molar-refractivity contribution in [3.63, 3.8) is 0 Å². The lowest BCUT2D eigenvalue weighted by Crippen LogP contribution is -2.63. The van der Waals surface area contributed by atoms with Gasteiger partial charge in [-0.3, -0.25) is 4.90 Å². The summed E-state index contributed by atoms with van der Waals surface area (Å²) >= 11 is 0. The largest absolute Gasteiger partial charge is 0.308 e. The molecule has 0 aromatic carbocycles. The first kappa shape index (κ1) is 14.3. The van der Waals surface area contributed by atoms with E-state index in [-0.39, 0.29) is 0 Å². The molecule has 18 heavy (non-hydrogen) atoms. The van der Waals surface area contributed by atoms with Crippen LogP contribution in [-0.2, 0) is 0 Å². The average Bonchev–Trinajstić information content (AvgIpc) is 2.82. The second-order valence-corrected chi connectivity index (χ2v) is 6.49. The standard InChI is InChI=1S/C16H32N2/c1-3-5-8-12-18-14-16(10-6-7-11-16)17-13-15(18)9-4-2/h15,17H,3-14H2,1-2H3. The molecule has 2 aliphatic rings. The number of rotatable bonds is 6. The Morgan fingerprint density at radius 1 is 1.11 bits per heavy atom. The normalized spacial score (nSPS) is 28.0. The van der Waals surface area contributed by atoms with Gasteiger partial charge in [-0.2, -0.15) is 0 Å². The molecule has 106 valence electrons. The molecule has 0 radical (unpaired) electrons. The first-order valence-corrected chi connectivity index (χ1v) is 8.29. The lowest BCUT2D eigenvalue weighted by Gasteiger charge is -2.46. The Morgan fingerprint density at radius 2 is 1.89 bits per heavy atom. The number of piperazine rings is 1. The van der Waals surface area contributed by atoms with Gasteiger partial charge in [-0.15, -0.1) is 0 Å². The highest BCUT2D eigenvalue weighted by Gasteiger charge is 2.40. The second-order valence-electron chi connectivity index (χ2n) is 6.49. The predicted molar refractivity (Wildman–Crippen MR) is 79.0 cm³/mol. The molecule has 0 bridgehead atoms. The molecule has 1 unspecified atom stereocenters. The van der Waals surface area contributed by atoms with Crippen LogP contribution in [0.1, 0.15) is 71.6 Å². The van der Waals surface area contributed by atoms with Crippen LogP contribution in [0, 0.1) is 0 Å². The maximum Gasteiger partial charge on any atom is 0.0309 e. The highest BCUT2D eigenvalue weighted by atomic mass is 15.3. The molecule has 1 atom stereocenters. The predicted octanol–water partition coefficient (Wildman–Crippen LogP) is 3.56. The fourth-order valence-corrected chi connectivity index (χ4v) is 3.87. The van der Waals surface area contributed by atoms with Gasteiger partial charge in [0, 0.05) is 24.7 Å². The van der Waals surface area contributed by atoms with Crippen molar-refractivity contribution in [2.75, 3.05) is 19.6 Å². The summed E-state index contributed by atoms with van der Waals surface area (Å²) in [5.41, 5.74) is 0.496. The van der Waals surface area contributed by atoms with Crippen LogP contribution in [0.3, 0.4) is 0 Å². The van der Waals surface area contributed by atoms with Gasteiger partial charge in [0.05, 0.1) is 0 Å². The van der Waals surface area contributed by atoms with Crippen LogP contribution in [0.4, 0.5) is 0 Å². The zero-order valence-corrected chi connectivity index (χ0v) is 12.5. The Labute approximate surface area is 114 Å². The van der Waals surface area contributed by atoms with Gasteiger partial charge in [-0.1, -0.05) is 46.0 Å². The number of hydrogen-bond donors (Lipinski definition) is 1. The van der Waals surface area contributed by atoms with Crippen LogP contribution >= 0.6 is 0 Å². The molecule has 1 saturated carbocycles. The van der Waals surface area contributed by atoms with Gasteiger partial charge in [0.15, 0.2) is 0 Å². The average molecular weight is 252 g/mol. The third kappa shape index (κ3) is 3.48. The van der Waals surface area contributed by atoms with Crippen molar-refractivity contribution >= 4 is 0 Å². The Morgan fingerprint density at radius 3 is 2.56 bits per heavy atom. The van der Waals surface area contributed by atoms with Gasteiger partial charge in [0.1, 0.15) is 0 Å². The van der Waals surface area contributed by atoms with Gasteiger partial charge < -0.3 is 5.32 Å². The summed E-state index contributed by atoms with van der Waals surface area (Å²) in [5.74, 6) is 0. The lowest BCUT2D eigenvalue weighted by atomic mass is 9.91. The van der Waals surface area contributed by atoms with E-state index in [0.717, 1.165) is 6.04 Å². The number of nitrogens with one attached hydrogen (secondary N) is 1. The van der Waals surface area contributed by atoms with Crippen LogP contribution in [0.2, 0.25) is 0 Å². The minimum Gasteiger partial charge on any atom is -0.308 e. The molecule has 0 aromatic heterocycles. The molecule has 1 saturated heterocycles. The van der Waals surface area contributed by atoms with Crippen molar-refractivity contribution in [2.45, 2.75) is 83.2 Å². The molecule has 1 N–H and O–H groups in total. The highest BCUT2D eigenvalue weighted by Crippen LogP contribution is 2.33. The monoisotopic (exact) mass is 252 g/mol. The summed E-state index contributed by atoms with van der Waals surface area (Å²) in [7, 11) is 0. The quantitative estimate of drug-likeness (QED) is 0.727. The van der Waals surface area contributed by atoms with E-state index >= 15 is 0 Å². The fraction of sp³-hybridized carbons (Fsp3) is 1.00. The molecular weight excluding hydrogens is 220 g/mol. The topological polar surface area (TPSA) is 15.3 Å². The SMILES string of the molecule is CCCCCN1CC2(CCCC2)NCC1CCC. The molecule has 2 rings (SSSR count). The summed E-state index contributed by atoms with van der Waals surface area (Å²) in [6.45, 7) is 8.52. The van der Waals surface area contributed by atoms with Crippen molar-refractivity contribution in [3.05, 3.63) is 0 Å². The molecule has 1 spiro atoms. The summed E-state index contributed by atoms with van der Waals surface area (Å²) in [5, 5.41) is 3.91. The van der Waals surface area contributed by atoms with E-state index in [9.17, 15) is 0 Å². The first-order chi connectivity index (χ1) is 8.79. The molecule has 2 heteroatoms. The van der Waals surface area contributed by atoms with Crippen LogP contribution in [0.25, 0.3) is 0 Å². The minimum atomic E-state index is 0.496. The van der Waals surface area contributed by atoms with Crippen molar-refractivity contribution in [1.82, 2.24) is 10.2 Å². The van der Waals surface area contributed by atoms with Gasteiger partial charge in [-0.25, -0.2) is 0 Å². The van der Waals surface area contributed by atoms with Crippen LogP contribution in [0.15, 0.2) is 0 Å². The summed E-state index contributed by atoms with van der Waals surface area (Å²) in [6.07, 6.45) is 12.5. The third-order valence-electron chi connectivity index (χ3n) is 4.97. The zero-order valence-electron chi connectivity index (χ0n) is 12.5. The van der Waals surface area contributed by atoms with Gasteiger partial charge in [0.25, 0.3) is 0 Å². The van der Waals surface area contributed by atoms with E-state index in [1.54, 1.807) is 0 Å². The molecule has 1 aliphatic carbocycles. The van der Waals surface area contributed by atoms with E-state index in [1.165, 1.54) is 77.4 Å². The second kappa shape index (κ2) is 6.91. The Bertz CT molecular complexity index is 233. The zero-order chi connectivity index (χ0) is 12.8. The van der Waals surface area contributed by atoms with Gasteiger partial charge in [0.2, 0.25) is 0 Å². The Hall–Kier alpha value is -0.0800. The molecule has 1 aliphatic heterocycles. The van der Waals surface area contributed by atoms with Crippen LogP contribution in [-0.4, -0.2) is 36.1 Å². The number of hydrogen-bond acceptors (Lipinski definition) is 2. The van der Waals surface area contributed by atoms with Gasteiger partial charge in [-0.05, 0) is 32.2 Å². The Balaban J connectivity index is 1.89. The number of nitrogens with zero attached hydrogens (tertiary/aromatic N) is 1. The maximum absolute atomic E-state index is 3.91. The molecule has 1 heterocycles. The summed E-state index contributed by atoms with van der Waals surface area (Å²) < 4.78 is 0. The smallest absolute Gasteiger partial charge is 0.0309 e. The summed E-state index contributed by atoms with van der Waals surface area (Å²) in [6, 6.07) is 0.804. The van der Waals surface area contributed by atoms with Crippen molar-refractivity contribution in [3.8, 4) is 0 Å². The van der Waals surface area contributed by atoms with Crippen molar-refractivity contribution < 1.29 is 0 Å². The first-order valence-electron chi connectivity index (χ1n) is 8.29. The van der Waals surface area contributed by atoms with Crippen LogP contribution in [0.5, 0.6) is 0 Å². The van der Waals surface area contributed by atoms with E-state index in [0.29, 0.717) is 5.54 Å². The Kier molecular flexibility index (Phi) is 5.50. The van der Waals surface area contributed by atoms with E-state index in [1.807, 2.05) is 0 Å². The van der Waals surface area contributed by atoms with Crippen molar-refractivity contribution in [1.29, 1.82) is 0 Å².